The molecule has 4 rings (SSSR count). The van der Waals surface area contributed by atoms with E-state index in [1.54, 1.807) is 28.8 Å². The third-order valence-electron chi connectivity index (χ3n) is 4.64. The molecule has 6 heteroatoms. The van der Waals surface area contributed by atoms with E-state index in [2.05, 4.69) is 9.88 Å². The van der Waals surface area contributed by atoms with E-state index < -0.39 is 0 Å². The number of benzene rings is 1. The highest BCUT2D eigenvalue weighted by Crippen LogP contribution is 2.23. The van der Waals surface area contributed by atoms with E-state index in [-0.39, 0.29) is 17.5 Å². The summed E-state index contributed by atoms with van der Waals surface area (Å²) in [4.78, 5) is 19.2. The number of halogens is 1. The fourth-order valence-corrected chi connectivity index (χ4v) is 3.29. The van der Waals surface area contributed by atoms with Crippen molar-refractivity contribution in [1.29, 1.82) is 0 Å². The van der Waals surface area contributed by atoms with Gasteiger partial charge in [0.05, 0.1) is 18.4 Å². The molecular weight excluding hydrogens is 333 g/mol. The van der Waals surface area contributed by atoms with Crippen molar-refractivity contribution >= 4 is 5.65 Å². The lowest BCUT2D eigenvalue weighted by atomic mass is 10.1. The minimum atomic E-state index is -0.252. The second-order valence-electron chi connectivity index (χ2n) is 6.67. The van der Waals surface area contributed by atoms with Gasteiger partial charge in [-0.05, 0) is 36.2 Å². The number of pyridine rings is 1. The monoisotopic (exact) mass is 353 g/mol. The second kappa shape index (κ2) is 6.97. The smallest absolute Gasteiger partial charge is 0.258 e. The Morgan fingerprint density at radius 2 is 2.04 bits per heavy atom. The molecule has 26 heavy (non-hydrogen) atoms. The number of morpholine rings is 1. The molecule has 1 saturated heterocycles. The van der Waals surface area contributed by atoms with Crippen molar-refractivity contribution in [2.75, 3.05) is 19.7 Å². The summed E-state index contributed by atoms with van der Waals surface area (Å²) in [5.74, 6) is -0.252. The van der Waals surface area contributed by atoms with Crippen LogP contribution >= 0.6 is 0 Å². The Labute approximate surface area is 150 Å². The molecule has 0 saturated carbocycles. The summed E-state index contributed by atoms with van der Waals surface area (Å²) in [6.07, 6.45) is 1.70. The van der Waals surface area contributed by atoms with Gasteiger partial charge in [-0.1, -0.05) is 18.2 Å². The molecule has 0 bridgehead atoms. The Bertz CT molecular complexity index is 985. The van der Waals surface area contributed by atoms with Gasteiger partial charge in [-0.15, -0.1) is 0 Å². The maximum atomic E-state index is 13.1. The van der Waals surface area contributed by atoms with E-state index >= 15 is 0 Å². The van der Waals surface area contributed by atoms with Crippen molar-refractivity contribution in [3.8, 4) is 0 Å². The lowest BCUT2D eigenvalue weighted by molar-refractivity contribution is -0.0333. The van der Waals surface area contributed by atoms with Crippen LogP contribution in [0.1, 0.15) is 22.9 Å². The third-order valence-corrected chi connectivity index (χ3v) is 4.64. The Morgan fingerprint density at radius 1 is 1.23 bits per heavy atom. The first kappa shape index (κ1) is 16.9. The number of fused-ring (bicyclic) bond motifs is 1. The summed E-state index contributed by atoms with van der Waals surface area (Å²) in [5, 5.41) is 0. The zero-order chi connectivity index (χ0) is 18.1. The van der Waals surface area contributed by atoms with Gasteiger partial charge in [-0.2, -0.15) is 0 Å². The molecule has 3 aromatic rings. The standard InChI is InChI=1S/C20H20FN3O2/c1-14-2-7-19-22-17(10-20(25)24(19)11-14)12-23-8-9-26-18(13-23)15-3-5-16(21)6-4-15/h2-7,10-11,18H,8-9,12-13H2,1H3/t18-/m0/s1. The maximum absolute atomic E-state index is 13.1. The molecule has 0 N–H and O–H groups in total. The average Bonchev–Trinajstić information content (AvgIpc) is 2.63. The molecule has 0 amide bonds. The van der Waals surface area contributed by atoms with Crippen molar-refractivity contribution in [3.63, 3.8) is 0 Å². The number of hydrogen-bond acceptors (Lipinski definition) is 4. The van der Waals surface area contributed by atoms with E-state index in [0.717, 1.165) is 23.4 Å². The highest BCUT2D eigenvalue weighted by atomic mass is 19.1. The molecule has 0 spiro atoms. The molecular formula is C20H20FN3O2. The van der Waals surface area contributed by atoms with Crippen LogP contribution in [-0.4, -0.2) is 34.0 Å². The average molecular weight is 353 g/mol. The van der Waals surface area contributed by atoms with Gasteiger partial charge in [-0.25, -0.2) is 9.37 Å². The highest BCUT2D eigenvalue weighted by Gasteiger charge is 2.22. The molecule has 1 aliphatic rings. The van der Waals surface area contributed by atoms with E-state index in [0.29, 0.717) is 25.3 Å². The fraction of sp³-hybridized carbons (Fsp3) is 0.300. The number of aromatic nitrogens is 2. The third kappa shape index (κ3) is 3.52. The van der Waals surface area contributed by atoms with Crippen molar-refractivity contribution in [2.24, 2.45) is 0 Å². The largest absolute Gasteiger partial charge is 0.371 e. The van der Waals surface area contributed by atoms with E-state index in [9.17, 15) is 9.18 Å². The van der Waals surface area contributed by atoms with Gasteiger partial charge in [0.1, 0.15) is 11.5 Å². The molecule has 2 aromatic heterocycles. The predicted octanol–water partition coefficient (Wildman–Crippen LogP) is 2.72. The number of ether oxygens (including phenoxy) is 1. The Kier molecular flexibility index (Phi) is 4.53. The van der Waals surface area contributed by atoms with Crippen molar-refractivity contribution in [1.82, 2.24) is 14.3 Å². The Hall–Kier alpha value is -2.57. The van der Waals surface area contributed by atoms with Crippen LogP contribution < -0.4 is 5.56 Å². The van der Waals surface area contributed by atoms with Crippen LogP contribution in [0.5, 0.6) is 0 Å². The maximum Gasteiger partial charge on any atom is 0.258 e. The lowest BCUT2D eigenvalue weighted by Crippen LogP contribution is -2.38. The highest BCUT2D eigenvalue weighted by molar-refractivity contribution is 5.39. The van der Waals surface area contributed by atoms with Crippen molar-refractivity contribution in [3.05, 3.63) is 81.7 Å². The summed E-state index contributed by atoms with van der Waals surface area (Å²) in [5.41, 5.74) is 3.31. The molecule has 5 nitrogen and oxygen atoms in total. The zero-order valence-corrected chi connectivity index (χ0v) is 14.6. The molecule has 1 atom stereocenters. The minimum absolute atomic E-state index is 0.0722. The number of nitrogens with zero attached hydrogens (tertiary/aromatic N) is 3. The van der Waals surface area contributed by atoms with Gasteiger partial charge in [0.2, 0.25) is 0 Å². The van der Waals surface area contributed by atoms with Crippen LogP contribution in [0.25, 0.3) is 5.65 Å². The van der Waals surface area contributed by atoms with E-state index in [1.165, 1.54) is 12.1 Å². The summed E-state index contributed by atoms with van der Waals surface area (Å²) in [6, 6.07) is 11.8. The normalized spacial score (nSPS) is 18.3. The molecule has 1 fully saturated rings. The van der Waals surface area contributed by atoms with Gasteiger partial charge in [-0.3, -0.25) is 14.1 Å². The summed E-state index contributed by atoms with van der Waals surface area (Å²) >= 11 is 0. The molecule has 0 radical (unpaired) electrons. The lowest BCUT2D eigenvalue weighted by Gasteiger charge is -2.33. The van der Waals surface area contributed by atoms with Gasteiger partial charge in [0.15, 0.2) is 0 Å². The number of aryl methyl sites for hydroxylation is 1. The molecule has 134 valence electrons. The minimum Gasteiger partial charge on any atom is -0.371 e. The van der Waals surface area contributed by atoms with Gasteiger partial charge in [0.25, 0.3) is 5.56 Å². The fourth-order valence-electron chi connectivity index (χ4n) is 3.29. The van der Waals surface area contributed by atoms with Crippen LogP contribution in [0, 0.1) is 12.7 Å². The van der Waals surface area contributed by atoms with E-state index in [4.69, 9.17) is 4.74 Å². The van der Waals surface area contributed by atoms with Crippen LogP contribution in [0.15, 0.2) is 53.5 Å². The summed E-state index contributed by atoms with van der Waals surface area (Å²) in [7, 11) is 0. The zero-order valence-electron chi connectivity index (χ0n) is 14.6. The first-order valence-corrected chi connectivity index (χ1v) is 8.67. The Morgan fingerprint density at radius 3 is 2.85 bits per heavy atom. The topological polar surface area (TPSA) is 46.8 Å². The van der Waals surface area contributed by atoms with Gasteiger partial charge in [0, 0.05) is 31.9 Å². The van der Waals surface area contributed by atoms with Crippen LogP contribution in [0.2, 0.25) is 0 Å². The predicted molar refractivity (Wildman–Crippen MR) is 96.6 cm³/mol. The summed E-state index contributed by atoms with van der Waals surface area (Å²) < 4.78 is 20.5. The van der Waals surface area contributed by atoms with Gasteiger partial charge >= 0.3 is 0 Å². The molecule has 1 aliphatic heterocycles. The van der Waals surface area contributed by atoms with Crippen LogP contribution in [-0.2, 0) is 11.3 Å². The van der Waals surface area contributed by atoms with Crippen molar-refractivity contribution < 1.29 is 9.13 Å². The van der Waals surface area contributed by atoms with Crippen molar-refractivity contribution in [2.45, 2.75) is 19.6 Å². The quantitative estimate of drug-likeness (QED) is 0.726. The number of rotatable bonds is 3. The molecule has 3 heterocycles. The van der Waals surface area contributed by atoms with Crippen LogP contribution in [0.3, 0.4) is 0 Å². The first-order valence-electron chi connectivity index (χ1n) is 8.67. The SMILES string of the molecule is Cc1ccc2nc(CN3CCO[C@H](c4ccc(F)cc4)C3)cc(=O)n2c1. The Balaban J connectivity index is 1.53. The number of hydrogen-bond donors (Lipinski definition) is 0. The van der Waals surface area contributed by atoms with E-state index in [1.807, 2.05) is 19.1 Å². The molecule has 1 aromatic carbocycles. The van der Waals surface area contributed by atoms with Crippen LogP contribution in [0.4, 0.5) is 4.39 Å². The molecule has 0 aliphatic carbocycles. The molecule has 0 unspecified atom stereocenters. The summed E-state index contributed by atoms with van der Waals surface area (Å²) in [6.45, 7) is 4.57. The van der Waals surface area contributed by atoms with Gasteiger partial charge < -0.3 is 4.74 Å². The first-order chi connectivity index (χ1) is 12.6. The second-order valence-corrected chi connectivity index (χ2v) is 6.67.